The van der Waals surface area contributed by atoms with Gasteiger partial charge in [0.15, 0.2) is 0 Å². The molecule has 0 saturated carbocycles. The number of aliphatic hydroxyl groups is 1. The number of likely N-dealkylation sites (tertiary alicyclic amines) is 1. The van der Waals surface area contributed by atoms with Crippen LogP contribution in [0, 0.1) is 0 Å². The fourth-order valence-corrected chi connectivity index (χ4v) is 2.46. The van der Waals surface area contributed by atoms with Crippen LogP contribution in [0.5, 0.6) is 0 Å². The van der Waals surface area contributed by atoms with Crippen molar-refractivity contribution in [1.29, 1.82) is 0 Å². The van der Waals surface area contributed by atoms with Crippen LogP contribution in [-0.4, -0.2) is 48.8 Å². The van der Waals surface area contributed by atoms with Gasteiger partial charge in [0.1, 0.15) is 0 Å². The summed E-state index contributed by atoms with van der Waals surface area (Å²) in [5, 5.41) is 8.73. The number of ether oxygens (including phenoxy) is 1. The maximum Gasteiger partial charge on any atom is 0.307 e. The van der Waals surface area contributed by atoms with Crippen molar-refractivity contribution >= 4 is 5.97 Å². The van der Waals surface area contributed by atoms with Gasteiger partial charge in [0, 0.05) is 12.6 Å². The lowest BCUT2D eigenvalue weighted by atomic mass is 9.99. The number of nitrogens with zero attached hydrogens (tertiary/aromatic N) is 1. The number of aliphatic hydroxyl groups excluding tert-OH is 1. The van der Waals surface area contributed by atoms with Crippen molar-refractivity contribution in [3.8, 4) is 0 Å². The van der Waals surface area contributed by atoms with Crippen LogP contribution in [-0.2, 0) is 9.53 Å². The topological polar surface area (TPSA) is 49.8 Å². The molecule has 0 aliphatic carbocycles. The van der Waals surface area contributed by atoms with Crippen molar-refractivity contribution in [2.45, 2.75) is 51.0 Å². The molecule has 0 aromatic heterocycles. The van der Waals surface area contributed by atoms with Crippen LogP contribution in [0.2, 0.25) is 0 Å². The fourth-order valence-electron chi connectivity index (χ4n) is 2.46. The number of hydrogen-bond donors (Lipinski definition) is 1. The summed E-state index contributed by atoms with van der Waals surface area (Å²) in [6.07, 6.45) is 7.14. The van der Waals surface area contributed by atoms with Crippen molar-refractivity contribution in [3.63, 3.8) is 0 Å². The first kappa shape index (κ1) is 14.5. The van der Waals surface area contributed by atoms with Gasteiger partial charge >= 0.3 is 5.97 Å². The maximum atomic E-state index is 11.3. The molecule has 1 aliphatic rings. The SMILES string of the molecule is COC(=O)CC1CCCCN1CCCCCO. The summed E-state index contributed by atoms with van der Waals surface area (Å²) in [6.45, 7) is 2.42. The summed E-state index contributed by atoms with van der Waals surface area (Å²) in [6, 6.07) is 0.366. The standard InChI is InChI=1S/C13H25NO3/c1-17-13(16)11-12-7-3-5-9-14(12)8-4-2-6-10-15/h12,15H,2-11H2,1H3. The third kappa shape index (κ3) is 5.50. The molecule has 4 heteroatoms. The normalized spacial score (nSPS) is 21.4. The minimum Gasteiger partial charge on any atom is -0.469 e. The van der Waals surface area contributed by atoms with E-state index in [4.69, 9.17) is 9.84 Å². The average Bonchev–Trinajstić information content (AvgIpc) is 2.36. The second kappa shape index (κ2) is 8.48. The number of carbonyl (C=O) groups excluding carboxylic acids is 1. The Hall–Kier alpha value is -0.610. The smallest absolute Gasteiger partial charge is 0.307 e. The lowest BCUT2D eigenvalue weighted by Gasteiger charge is -2.35. The highest BCUT2D eigenvalue weighted by Gasteiger charge is 2.24. The minimum absolute atomic E-state index is 0.0998. The van der Waals surface area contributed by atoms with E-state index in [2.05, 4.69) is 4.90 Å². The average molecular weight is 243 g/mol. The summed E-state index contributed by atoms with van der Waals surface area (Å²) in [5.41, 5.74) is 0. The van der Waals surface area contributed by atoms with Gasteiger partial charge in [-0.05, 0) is 45.2 Å². The fraction of sp³-hybridized carbons (Fsp3) is 0.923. The first-order valence-electron chi connectivity index (χ1n) is 6.69. The Labute approximate surface area is 104 Å². The van der Waals surface area contributed by atoms with Crippen molar-refractivity contribution in [2.24, 2.45) is 0 Å². The van der Waals surface area contributed by atoms with Crippen LogP contribution >= 0.6 is 0 Å². The molecule has 0 radical (unpaired) electrons. The molecule has 1 heterocycles. The van der Waals surface area contributed by atoms with Gasteiger partial charge in [-0.3, -0.25) is 9.69 Å². The quantitative estimate of drug-likeness (QED) is 0.544. The number of esters is 1. The van der Waals surface area contributed by atoms with Crippen molar-refractivity contribution < 1.29 is 14.6 Å². The van der Waals surface area contributed by atoms with Gasteiger partial charge in [0.2, 0.25) is 0 Å². The van der Waals surface area contributed by atoms with E-state index in [1.807, 2.05) is 0 Å². The number of piperidine rings is 1. The summed E-state index contributed by atoms with van der Waals surface area (Å²) < 4.78 is 4.75. The van der Waals surface area contributed by atoms with Crippen LogP contribution in [0.25, 0.3) is 0 Å². The zero-order valence-corrected chi connectivity index (χ0v) is 10.9. The summed E-state index contributed by atoms with van der Waals surface area (Å²) >= 11 is 0. The lowest BCUT2D eigenvalue weighted by molar-refractivity contribution is -0.142. The first-order chi connectivity index (χ1) is 8.27. The zero-order chi connectivity index (χ0) is 12.5. The Morgan fingerprint density at radius 2 is 2.18 bits per heavy atom. The van der Waals surface area contributed by atoms with Crippen LogP contribution in [0.3, 0.4) is 0 Å². The van der Waals surface area contributed by atoms with Crippen molar-refractivity contribution in [3.05, 3.63) is 0 Å². The molecule has 1 N–H and O–H groups in total. The molecule has 0 bridgehead atoms. The van der Waals surface area contributed by atoms with Crippen molar-refractivity contribution in [1.82, 2.24) is 4.90 Å². The molecule has 0 aromatic rings. The number of hydrogen-bond acceptors (Lipinski definition) is 4. The molecule has 1 aliphatic heterocycles. The molecule has 0 aromatic carbocycles. The minimum atomic E-state index is -0.0998. The molecule has 100 valence electrons. The van der Waals surface area contributed by atoms with Gasteiger partial charge < -0.3 is 9.84 Å². The molecule has 4 nitrogen and oxygen atoms in total. The Morgan fingerprint density at radius 3 is 2.88 bits per heavy atom. The third-order valence-corrected chi connectivity index (χ3v) is 3.48. The Kier molecular flexibility index (Phi) is 7.21. The largest absolute Gasteiger partial charge is 0.469 e. The van der Waals surface area contributed by atoms with E-state index in [1.54, 1.807) is 0 Å². The molecule has 0 amide bonds. The summed E-state index contributed by atoms with van der Waals surface area (Å²) in [4.78, 5) is 13.7. The van der Waals surface area contributed by atoms with Crippen LogP contribution in [0.15, 0.2) is 0 Å². The number of rotatable bonds is 7. The Bertz CT molecular complexity index is 221. The molecule has 0 spiro atoms. The van der Waals surface area contributed by atoms with Gasteiger partial charge in [0.05, 0.1) is 13.5 Å². The predicted octanol–water partition coefficient (Wildman–Crippen LogP) is 1.57. The van der Waals surface area contributed by atoms with E-state index in [0.29, 0.717) is 12.5 Å². The lowest BCUT2D eigenvalue weighted by Crippen LogP contribution is -2.41. The van der Waals surface area contributed by atoms with E-state index >= 15 is 0 Å². The number of methoxy groups -OCH3 is 1. The van der Waals surface area contributed by atoms with E-state index in [1.165, 1.54) is 20.0 Å². The molecule has 1 fully saturated rings. The summed E-state index contributed by atoms with van der Waals surface area (Å²) in [7, 11) is 1.46. The second-order valence-corrected chi connectivity index (χ2v) is 4.75. The van der Waals surface area contributed by atoms with E-state index in [0.717, 1.165) is 38.8 Å². The number of unbranched alkanes of at least 4 members (excludes halogenated alkanes) is 2. The van der Waals surface area contributed by atoms with Gasteiger partial charge in [-0.25, -0.2) is 0 Å². The Balaban J connectivity index is 2.29. The van der Waals surface area contributed by atoms with Crippen LogP contribution in [0.1, 0.15) is 44.9 Å². The molecular weight excluding hydrogens is 218 g/mol. The van der Waals surface area contributed by atoms with Gasteiger partial charge in [-0.15, -0.1) is 0 Å². The predicted molar refractivity (Wildman–Crippen MR) is 66.8 cm³/mol. The zero-order valence-electron chi connectivity index (χ0n) is 10.9. The van der Waals surface area contributed by atoms with Crippen LogP contribution in [0.4, 0.5) is 0 Å². The molecular formula is C13H25NO3. The third-order valence-electron chi connectivity index (χ3n) is 3.48. The summed E-state index contributed by atoms with van der Waals surface area (Å²) in [5.74, 6) is -0.0998. The molecule has 1 rings (SSSR count). The van der Waals surface area contributed by atoms with Crippen LogP contribution < -0.4 is 0 Å². The molecule has 1 atom stereocenters. The number of carbonyl (C=O) groups is 1. The first-order valence-corrected chi connectivity index (χ1v) is 6.69. The monoisotopic (exact) mass is 243 g/mol. The van der Waals surface area contributed by atoms with Gasteiger partial charge in [-0.2, -0.15) is 0 Å². The van der Waals surface area contributed by atoms with E-state index < -0.39 is 0 Å². The highest BCUT2D eigenvalue weighted by atomic mass is 16.5. The van der Waals surface area contributed by atoms with Crippen molar-refractivity contribution in [2.75, 3.05) is 26.8 Å². The molecule has 1 saturated heterocycles. The Morgan fingerprint density at radius 1 is 1.35 bits per heavy atom. The maximum absolute atomic E-state index is 11.3. The molecule has 1 unspecified atom stereocenters. The van der Waals surface area contributed by atoms with E-state index in [9.17, 15) is 4.79 Å². The van der Waals surface area contributed by atoms with E-state index in [-0.39, 0.29) is 12.6 Å². The van der Waals surface area contributed by atoms with Gasteiger partial charge in [0.25, 0.3) is 0 Å². The van der Waals surface area contributed by atoms with Gasteiger partial charge in [-0.1, -0.05) is 6.42 Å². The highest BCUT2D eigenvalue weighted by molar-refractivity contribution is 5.69. The highest BCUT2D eigenvalue weighted by Crippen LogP contribution is 2.20. The second-order valence-electron chi connectivity index (χ2n) is 4.75. The molecule has 17 heavy (non-hydrogen) atoms.